The van der Waals surface area contributed by atoms with Crippen molar-refractivity contribution in [3.63, 3.8) is 0 Å². The Morgan fingerprint density at radius 3 is 3.08 bits per heavy atom. The molecule has 1 aliphatic rings. The maximum absolute atomic E-state index is 5.55. The van der Waals surface area contributed by atoms with E-state index in [9.17, 15) is 0 Å². The summed E-state index contributed by atoms with van der Waals surface area (Å²) in [6, 6.07) is 0. The Morgan fingerprint density at radius 1 is 1.42 bits per heavy atom. The van der Waals surface area contributed by atoms with Gasteiger partial charge >= 0.3 is 0 Å². The van der Waals surface area contributed by atoms with E-state index in [1.165, 1.54) is 11.3 Å². The van der Waals surface area contributed by atoms with Crippen LogP contribution in [-0.2, 0) is 12.2 Å². The molecule has 0 aliphatic carbocycles. The number of rotatable bonds is 0. The van der Waals surface area contributed by atoms with Crippen molar-refractivity contribution in [3.05, 3.63) is 17.0 Å². The minimum atomic E-state index is 0.411. The van der Waals surface area contributed by atoms with Crippen LogP contribution in [0.15, 0.2) is 0 Å². The van der Waals surface area contributed by atoms with E-state index in [0.717, 1.165) is 23.6 Å². The Kier molecular flexibility index (Phi) is 1.92. The first-order valence-electron chi connectivity index (χ1n) is 3.97. The molecule has 0 saturated heterocycles. The van der Waals surface area contributed by atoms with E-state index in [4.69, 9.17) is 5.73 Å². The Morgan fingerprint density at radius 2 is 2.25 bits per heavy atom. The van der Waals surface area contributed by atoms with Crippen molar-refractivity contribution in [1.29, 1.82) is 0 Å². The van der Waals surface area contributed by atoms with Gasteiger partial charge in [-0.3, -0.25) is 0 Å². The molecule has 64 valence electrons. The highest BCUT2D eigenvalue weighted by Crippen LogP contribution is 2.24. The van der Waals surface area contributed by atoms with Crippen LogP contribution < -0.4 is 5.73 Å². The fraction of sp³-hybridized carbons (Fsp3) is 0.500. The number of nitrogen functional groups attached to an aromatic ring is 1. The molecule has 0 aromatic carbocycles. The van der Waals surface area contributed by atoms with Crippen molar-refractivity contribution in [1.82, 2.24) is 9.97 Å². The molecule has 1 aromatic heterocycles. The van der Waals surface area contributed by atoms with Crippen molar-refractivity contribution in [2.24, 2.45) is 0 Å². The van der Waals surface area contributed by atoms with Crippen LogP contribution >= 0.6 is 11.8 Å². The molecule has 0 spiro atoms. The molecule has 2 heterocycles. The molecule has 0 bridgehead atoms. The van der Waals surface area contributed by atoms with E-state index in [1.807, 2.05) is 18.7 Å². The van der Waals surface area contributed by atoms with Crippen LogP contribution in [0.5, 0.6) is 0 Å². The summed E-state index contributed by atoms with van der Waals surface area (Å²) in [6.45, 7) is 2.01. The number of hydrogen-bond acceptors (Lipinski definition) is 4. The average molecular weight is 181 g/mol. The lowest BCUT2D eigenvalue weighted by molar-refractivity contribution is 0.946. The van der Waals surface area contributed by atoms with Gasteiger partial charge in [0.25, 0.3) is 0 Å². The maximum atomic E-state index is 5.55. The molecule has 0 amide bonds. The van der Waals surface area contributed by atoms with Crippen LogP contribution in [0.1, 0.15) is 17.0 Å². The maximum Gasteiger partial charge on any atom is 0.220 e. The predicted molar refractivity (Wildman–Crippen MR) is 51.0 cm³/mol. The Bertz CT molecular complexity index is 311. The van der Waals surface area contributed by atoms with Crippen LogP contribution in [0.4, 0.5) is 5.95 Å². The van der Waals surface area contributed by atoms with Crippen LogP contribution in [0.2, 0.25) is 0 Å². The van der Waals surface area contributed by atoms with Crippen LogP contribution in [0.25, 0.3) is 0 Å². The van der Waals surface area contributed by atoms with Gasteiger partial charge in [-0.25, -0.2) is 9.97 Å². The zero-order chi connectivity index (χ0) is 8.55. The lowest BCUT2D eigenvalue weighted by Gasteiger charge is -2.15. The predicted octanol–water partition coefficient (Wildman–Crippen LogP) is 1.16. The molecular weight excluding hydrogens is 170 g/mol. The second-order valence-corrected chi connectivity index (χ2v) is 4.00. The Balaban J connectivity index is 2.53. The molecule has 2 N–H and O–H groups in total. The molecular formula is C8H11N3S. The van der Waals surface area contributed by atoms with Gasteiger partial charge in [0, 0.05) is 11.4 Å². The number of thioether (sulfide) groups is 1. The van der Waals surface area contributed by atoms with Gasteiger partial charge < -0.3 is 5.73 Å². The largest absolute Gasteiger partial charge is 0.368 e. The zero-order valence-electron chi connectivity index (χ0n) is 7.00. The second-order valence-electron chi connectivity index (χ2n) is 2.90. The molecule has 0 unspecified atom stereocenters. The lowest BCUT2D eigenvalue weighted by Crippen LogP contribution is -2.11. The van der Waals surface area contributed by atoms with Crippen molar-refractivity contribution >= 4 is 17.7 Å². The third-order valence-corrected chi connectivity index (χ3v) is 3.02. The van der Waals surface area contributed by atoms with Gasteiger partial charge in [-0.05, 0) is 24.7 Å². The van der Waals surface area contributed by atoms with Gasteiger partial charge in [0.05, 0.1) is 5.69 Å². The summed E-state index contributed by atoms with van der Waals surface area (Å²) in [5.41, 5.74) is 9.05. The molecule has 1 aliphatic heterocycles. The molecule has 1 aromatic rings. The minimum absolute atomic E-state index is 0.411. The van der Waals surface area contributed by atoms with Crippen molar-refractivity contribution < 1.29 is 0 Å². The number of nitrogens with zero attached hydrogens (tertiary/aromatic N) is 2. The van der Waals surface area contributed by atoms with Crippen LogP contribution in [0.3, 0.4) is 0 Å². The van der Waals surface area contributed by atoms with Crippen molar-refractivity contribution in [2.75, 3.05) is 11.5 Å². The molecule has 12 heavy (non-hydrogen) atoms. The van der Waals surface area contributed by atoms with Crippen LogP contribution in [-0.4, -0.2) is 15.7 Å². The number of fused-ring (bicyclic) bond motifs is 1. The minimum Gasteiger partial charge on any atom is -0.368 e. The van der Waals surface area contributed by atoms with Gasteiger partial charge in [0.15, 0.2) is 0 Å². The van der Waals surface area contributed by atoms with Gasteiger partial charge in [-0.15, -0.1) is 0 Å². The summed E-state index contributed by atoms with van der Waals surface area (Å²) in [6.07, 6.45) is 1.09. The quantitative estimate of drug-likeness (QED) is 0.652. The normalized spacial score (nSPS) is 15.8. The number of aryl methyl sites for hydroxylation is 1. The summed E-state index contributed by atoms with van der Waals surface area (Å²) in [4.78, 5) is 8.36. The molecule has 4 heteroatoms. The summed E-state index contributed by atoms with van der Waals surface area (Å²) >= 11 is 1.91. The third-order valence-electron chi connectivity index (χ3n) is 2.05. The number of hydrogen-bond donors (Lipinski definition) is 1. The van der Waals surface area contributed by atoms with E-state index in [-0.39, 0.29) is 0 Å². The monoisotopic (exact) mass is 181 g/mol. The first kappa shape index (κ1) is 7.86. The molecule has 0 radical (unpaired) electrons. The Labute approximate surface area is 75.8 Å². The van der Waals surface area contributed by atoms with Crippen molar-refractivity contribution in [3.8, 4) is 0 Å². The van der Waals surface area contributed by atoms with Crippen LogP contribution in [0, 0.1) is 6.92 Å². The molecule has 3 nitrogen and oxygen atoms in total. The first-order chi connectivity index (χ1) is 5.77. The summed E-state index contributed by atoms with van der Waals surface area (Å²) in [7, 11) is 0. The van der Waals surface area contributed by atoms with Gasteiger partial charge in [0.2, 0.25) is 5.95 Å². The zero-order valence-corrected chi connectivity index (χ0v) is 7.82. The van der Waals surface area contributed by atoms with Gasteiger partial charge in [-0.2, -0.15) is 11.8 Å². The van der Waals surface area contributed by atoms with E-state index < -0.39 is 0 Å². The number of anilines is 1. The summed E-state index contributed by atoms with van der Waals surface area (Å²) < 4.78 is 0. The number of nitrogens with two attached hydrogens (primary N) is 1. The SMILES string of the molecule is Cc1nc(N)nc2c1CCSC2. The highest BCUT2D eigenvalue weighted by Gasteiger charge is 2.14. The van der Waals surface area contributed by atoms with Gasteiger partial charge in [-0.1, -0.05) is 0 Å². The van der Waals surface area contributed by atoms with E-state index in [2.05, 4.69) is 9.97 Å². The third kappa shape index (κ3) is 1.27. The molecule has 2 rings (SSSR count). The standard InChI is InChI=1S/C8H11N3S/c1-5-6-2-3-12-4-7(6)11-8(9)10-5/h2-4H2,1H3,(H2,9,10,11). The Hall–Kier alpha value is -0.770. The van der Waals surface area contributed by atoms with E-state index in [0.29, 0.717) is 5.95 Å². The number of aromatic nitrogens is 2. The lowest BCUT2D eigenvalue weighted by atomic mass is 10.1. The average Bonchev–Trinajstić information content (AvgIpc) is 2.04. The molecule has 0 saturated carbocycles. The second kappa shape index (κ2) is 2.94. The highest BCUT2D eigenvalue weighted by molar-refractivity contribution is 7.98. The van der Waals surface area contributed by atoms with Crippen molar-refractivity contribution in [2.45, 2.75) is 19.1 Å². The summed E-state index contributed by atoms with van der Waals surface area (Å²) in [5, 5.41) is 0. The fourth-order valence-electron chi connectivity index (χ4n) is 1.47. The molecule has 0 fully saturated rings. The van der Waals surface area contributed by atoms with Gasteiger partial charge in [0.1, 0.15) is 0 Å². The van der Waals surface area contributed by atoms with E-state index >= 15 is 0 Å². The van der Waals surface area contributed by atoms with E-state index in [1.54, 1.807) is 0 Å². The summed E-state index contributed by atoms with van der Waals surface area (Å²) in [5.74, 6) is 2.58. The smallest absolute Gasteiger partial charge is 0.220 e. The molecule has 0 atom stereocenters. The highest BCUT2D eigenvalue weighted by atomic mass is 32.2. The first-order valence-corrected chi connectivity index (χ1v) is 5.12. The fourth-order valence-corrected chi connectivity index (χ4v) is 2.39. The topological polar surface area (TPSA) is 51.8 Å².